The maximum atomic E-state index is 11.1. The van der Waals surface area contributed by atoms with Gasteiger partial charge in [0.05, 0.1) is 6.54 Å². The lowest BCUT2D eigenvalue weighted by atomic mass is 9.97. The van der Waals surface area contributed by atoms with Gasteiger partial charge in [-0.1, -0.05) is 6.92 Å². The van der Waals surface area contributed by atoms with Gasteiger partial charge in [0.15, 0.2) is 0 Å². The Morgan fingerprint density at radius 3 is 2.65 bits per heavy atom. The molecular formula is C13H23N3O3S. The lowest BCUT2D eigenvalue weighted by Crippen LogP contribution is -2.36. The number of sulfonamides is 1. The van der Waals surface area contributed by atoms with E-state index in [1.807, 2.05) is 0 Å². The highest BCUT2D eigenvalue weighted by atomic mass is 32.2. The van der Waals surface area contributed by atoms with E-state index in [4.69, 9.17) is 9.56 Å². The molecule has 6 nitrogen and oxygen atoms in total. The minimum Gasteiger partial charge on any atom is -0.447 e. The third-order valence-electron chi connectivity index (χ3n) is 3.80. The average Bonchev–Trinajstić information content (AvgIpc) is 2.88. The highest BCUT2D eigenvalue weighted by Gasteiger charge is 2.18. The molecule has 0 saturated carbocycles. The van der Waals surface area contributed by atoms with E-state index >= 15 is 0 Å². The van der Waals surface area contributed by atoms with Gasteiger partial charge in [0, 0.05) is 0 Å². The van der Waals surface area contributed by atoms with E-state index < -0.39 is 10.0 Å². The highest BCUT2D eigenvalue weighted by molar-refractivity contribution is 7.89. The summed E-state index contributed by atoms with van der Waals surface area (Å²) in [5, 5.41) is 8.14. The van der Waals surface area contributed by atoms with Crippen LogP contribution in [0.15, 0.2) is 21.6 Å². The van der Waals surface area contributed by atoms with Gasteiger partial charge in [-0.05, 0) is 57.1 Å². The molecular weight excluding hydrogens is 278 g/mol. The van der Waals surface area contributed by atoms with E-state index in [0.29, 0.717) is 18.2 Å². The summed E-state index contributed by atoms with van der Waals surface area (Å²) < 4.78 is 27.4. The number of likely N-dealkylation sites (tertiary alicyclic amines) is 1. The van der Waals surface area contributed by atoms with Crippen LogP contribution in [0.25, 0.3) is 0 Å². The SMILES string of the molecule is CCN1CCC(CNCc2ccc(S(N)(=O)=O)o2)CC1. The molecule has 1 aliphatic rings. The Morgan fingerprint density at radius 1 is 1.40 bits per heavy atom. The number of hydrogen-bond donors (Lipinski definition) is 2. The summed E-state index contributed by atoms with van der Waals surface area (Å²) in [5.41, 5.74) is 0. The topological polar surface area (TPSA) is 88.6 Å². The summed E-state index contributed by atoms with van der Waals surface area (Å²) in [5.74, 6) is 1.28. The van der Waals surface area contributed by atoms with Crippen LogP contribution in [0.2, 0.25) is 0 Å². The molecule has 0 atom stereocenters. The fraction of sp³-hybridized carbons (Fsp3) is 0.692. The lowest BCUT2D eigenvalue weighted by Gasteiger charge is -2.31. The van der Waals surface area contributed by atoms with Crippen molar-refractivity contribution in [3.05, 3.63) is 17.9 Å². The van der Waals surface area contributed by atoms with Crippen LogP contribution in [-0.4, -0.2) is 39.5 Å². The van der Waals surface area contributed by atoms with Crippen molar-refractivity contribution in [3.8, 4) is 0 Å². The van der Waals surface area contributed by atoms with Crippen LogP contribution in [0.4, 0.5) is 0 Å². The van der Waals surface area contributed by atoms with Crippen molar-refractivity contribution >= 4 is 10.0 Å². The fourth-order valence-electron chi connectivity index (χ4n) is 2.51. The standard InChI is InChI=1S/C13H23N3O3S/c1-2-16-7-5-11(6-8-16)9-15-10-12-3-4-13(19-12)20(14,17)18/h3-4,11,15H,2,5-10H2,1H3,(H2,14,17,18). The van der Waals surface area contributed by atoms with Crippen LogP contribution in [0, 0.1) is 5.92 Å². The van der Waals surface area contributed by atoms with Crippen LogP contribution >= 0.6 is 0 Å². The van der Waals surface area contributed by atoms with Gasteiger partial charge in [-0.25, -0.2) is 13.6 Å². The van der Waals surface area contributed by atoms with Crippen LogP contribution < -0.4 is 10.5 Å². The minimum absolute atomic E-state index is 0.175. The van der Waals surface area contributed by atoms with E-state index in [-0.39, 0.29) is 5.09 Å². The number of furan rings is 1. The van der Waals surface area contributed by atoms with Crippen molar-refractivity contribution in [1.82, 2.24) is 10.2 Å². The third-order valence-corrected chi connectivity index (χ3v) is 4.58. The smallest absolute Gasteiger partial charge is 0.271 e. The van der Waals surface area contributed by atoms with Gasteiger partial charge >= 0.3 is 0 Å². The largest absolute Gasteiger partial charge is 0.447 e. The molecule has 20 heavy (non-hydrogen) atoms. The second-order valence-corrected chi connectivity index (χ2v) is 6.77. The molecule has 0 aromatic carbocycles. The second-order valence-electron chi connectivity index (χ2n) is 5.27. The molecule has 7 heteroatoms. The molecule has 114 valence electrons. The van der Waals surface area contributed by atoms with Gasteiger partial charge in [-0.2, -0.15) is 0 Å². The Bertz CT molecular complexity index is 519. The number of primary sulfonamides is 1. The molecule has 1 fully saturated rings. The molecule has 1 aromatic heterocycles. The van der Waals surface area contributed by atoms with Gasteiger partial charge in [-0.15, -0.1) is 0 Å². The predicted octanol–water partition coefficient (Wildman–Crippen LogP) is 0.749. The summed E-state index contributed by atoms with van der Waals surface area (Å²) in [6.07, 6.45) is 2.42. The molecule has 0 bridgehead atoms. The molecule has 1 aliphatic heterocycles. The second kappa shape index (κ2) is 6.71. The normalized spacial score (nSPS) is 18.5. The summed E-state index contributed by atoms with van der Waals surface area (Å²) >= 11 is 0. The van der Waals surface area contributed by atoms with Crippen LogP contribution in [0.1, 0.15) is 25.5 Å². The van der Waals surface area contributed by atoms with Crippen molar-refractivity contribution in [2.75, 3.05) is 26.2 Å². The number of piperidine rings is 1. The monoisotopic (exact) mass is 301 g/mol. The van der Waals surface area contributed by atoms with E-state index in [1.54, 1.807) is 6.07 Å². The summed E-state index contributed by atoms with van der Waals surface area (Å²) in [6, 6.07) is 3.04. The third kappa shape index (κ3) is 4.31. The Kier molecular flexibility index (Phi) is 5.20. The van der Waals surface area contributed by atoms with E-state index in [9.17, 15) is 8.42 Å². The number of nitrogens with one attached hydrogen (secondary N) is 1. The molecule has 0 aliphatic carbocycles. The number of rotatable bonds is 6. The number of hydrogen-bond acceptors (Lipinski definition) is 5. The van der Waals surface area contributed by atoms with Crippen LogP contribution in [0.5, 0.6) is 0 Å². The first-order valence-corrected chi connectivity index (χ1v) is 8.58. The molecule has 0 radical (unpaired) electrons. The summed E-state index contributed by atoms with van der Waals surface area (Å²) in [7, 11) is -3.74. The molecule has 0 unspecified atom stereocenters. The first kappa shape index (κ1) is 15.5. The minimum atomic E-state index is -3.74. The van der Waals surface area contributed by atoms with E-state index in [1.165, 1.54) is 32.0 Å². The molecule has 3 N–H and O–H groups in total. The highest BCUT2D eigenvalue weighted by Crippen LogP contribution is 2.16. The maximum absolute atomic E-state index is 11.1. The lowest BCUT2D eigenvalue weighted by molar-refractivity contribution is 0.189. The predicted molar refractivity (Wildman–Crippen MR) is 76.6 cm³/mol. The van der Waals surface area contributed by atoms with Gasteiger partial charge in [0.25, 0.3) is 10.0 Å². The van der Waals surface area contributed by atoms with Gasteiger partial charge < -0.3 is 14.6 Å². The Labute approximate surface area is 120 Å². The molecule has 0 amide bonds. The Morgan fingerprint density at radius 2 is 2.10 bits per heavy atom. The Hall–Kier alpha value is -0.890. The van der Waals surface area contributed by atoms with Crippen molar-refractivity contribution in [3.63, 3.8) is 0 Å². The molecule has 2 rings (SSSR count). The quantitative estimate of drug-likeness (QED) is 0.809. The van der Waals surface area contributed by atoms with E-state index in [2.05, 4.69) is 17.1 Å². The van der Waals surface area contributed by atoms with E-state index in [0.717, 1.165) is 13.1 Å². The van der Waals surface area contributed by atoms with Crippen LogP contribution in [-0.2, 0) is 16.6 Å². The molecule has 0 spiro atoms. The fourth-order valence-corrected chi connectivity index (χ4v) is 2.99. The molecule has 1 saturated heterocycles. The zero-order valence-electron chi connectivity index (χ0n) is 11.8. The molecule has 1 aromatic rings. The van der Waals surface area contributed by atoms with Gasteiger partial charge in [-0.3, -0.25) is 0 Å². The van der Waals surface area contributed by atoms with Crippen LogP contribution in [0.3, 0.4) is 0 Å². The van der Waals surface area contributed by atoms with Crippen molar-refractivity contribution < 1.29 is 12.8 Å². The average molecular weight is 301 g/mol. The van der Waals surface area contributed by atoms with Crippen molar-refractivity contribution in [1.29, 1.82) is 0 Å². The van der Waals surface area contributed by atoms with Crippen molar-refractivity contribution in [2.45, 2.75) is 31.4 Å². The molecule has 2 heterocycles. The summed E-state index contributed by atoms with van der Waals surface area (Å²) in [6.45, 7) is 7.12. The van der Waals surface area contributed by atoms with Gasteiger partial charge in [0.2, 0.25) is 5.09 Å². The zero-order chi connectivity index (χ0) is 14.6. The Balaban J connectivity index is 1.72. The number of nitrogens with zero attached hydrogens (tertiary/aromatic N) is 1. The number of nitrogens with two attached hydrogens (primary N) is 1. The summed E-state index contributed by atoms with van der Waals surface area (Å²) in [4.78, 5) is 2.46. The first-order valence-electron chi connectivity index (χ1n) is 7.03. The zero-order valence-corrected chi connectivity index (χ0v) is 12.7. The first-order chi connectivity index (χ1) is 9.49. The van der Waals surface area contributed by atoms with Crippen molar-refractivity contribution in [2.24, 2.45) is 11.1 Å². The maximum Gasteiger partial charge on any atom is 0.271 e. The van der Waals surface area contributed by atoms with Gasteiger partial charge in [0.1, 0.15) is 5.76 Å².